The standard InChI is InChI=1S/C5H7N2O2/c8-1-4-5(2-9)7-3-6-4/h3,8-9H,1-2H2. The summed E-state index contributed by atoms with van der Waals surface area (Å²) >= 11 is 0. The Bertz CT molecular complexity index is 162. The summed E-state index contributed by atoms with van der Waals surface area (Å²) in [6, 6.07) is 0. The Morgan fingerprint density at radius 1 is 1.22 bits per heavy atom. The molecule has 0 aromatic heterocycles. The zero-order valence-corrected chi connectivity index (χ0v) is 4.78. The van der Waals surface area contributed by atoms with Gasteiger partial charge in [-0.25, -0.2) is 10.3 Å². The maximum atomic E-state index is 8.52. The van der Waals surface area contributed by atoms with Crippen LogP contribution in [0.4, 0.5) is 0 Å². The number of hydrogen-bond donors (Lipinski definition) is 2. The molecule has 9 heavy (non-hydrogen) atoms. The minimum Gasteiger partial charge on any atom is -0.390 e. The molecule has 1 heterocycles. The normalized spacial score (nSPS) is 16.7. The van der Waals surface area contributed by atoms with Gasteiger partial charge in [-0.1, -0.05) is 0 Å². The van der Waals surface area contributed by atoms with Crippen molar-refractivity contribution in [2.24, 2.45) is 4.99 Å². The fourth-order valence-corrected chi connectivity index (χ4v) is 0.581. The molecule has 2 N–H and O–H groups in total. The van der Waals surface area contributed by atoms with Crippen LogP contribution in [0.1, 0.15) is 0 Å². The molecule has 1 aliphatic rings. The van der Waals surface area contributed by atoms with Crippen molar-refractivity contribution >= 4 is 6.34 Å². The van der Waals surface area contributed by atoms with Crippen LogP contribution in [0.5, 0.6) is 0 Å². The highest BCUT2D eigenvalue weighted by Crippen LogP contribution is 2.06. The van der Waals surface area contributed by atoms with Crippen LogP contribution in [0.15, 0.2) is 16.4 Å². The molecule has 0 fully saturated rings. The maximum absolute atomic E-state index is 8.52. The summed E-state index contributed by atoms with van der Waals surface area (Å²) in [4.78, 5) is 3.68. The number of aliphatic imine (C=N–C) groups is 1. The number of aliphatic hydroxyl groups excluding tert-OH is 2. The van der Waals surface area contributed by atoms with Crippen molar-refractivity contribution in [2.75, 3.05) is 13.2 Å². The van der Waals surface area contributed by atoms with Gasteiger partial charge < -0.3 is 10.2 Å². The third kappa shape index (κ3) is 1.09. The average Bonchev–Trinajstić information content (AvgIpc) is 2.33. The summed E-state index contributed by atoms with van der Waals surface area (Å²) < 4.78 is 0. The van der Waals surface area contributed by atoms with Crippen LogP contribution in [0, 0.1) is 0 Å². The van der Waals surface area contributed by atoms with E-state index in [9.17, 15) is 0 Å². The second kappa shape index (κ2) is 2.61. The van der Waals surface area contributed by atoms with E-state index in [4.69, 9.17) is 10.2 Å². The van der Waals surface area contributed by atoms with E-state index in [0.29, 0.717) is 11.4 Å². The van der Waals surface area contributed by atoms with Crippen molar-refractivity contribution in [3.05, 3.63) is 11.4 Å². The molecule has 0 spiro atoms. The van der Waals surface area contributed by atoms with E-state index in [1.165, 1.54) is 6.34 Å². The van der Waals surface area contributed by atoms with E-state index in [1.54, 1.807) is 0 Å². The van der Waals surface area contributed by atoms with Crippen LogP contribution in [-0.4, -0.2) is 29.8 Å². The maximum Gasteiger partial charge on any atom is 0.116 e. The third-order valence-corrected chi connectivity index (χ3v) is 1.06. The van der Waals surface area contributed by atoms with Crippen molar-refractivity contribution in [1.82, 2.24) is 5.32 Å². The highest BCUT2D eigenvalue weighted by Gasteiger charge is 2.08. The lowest BCUT2D eigenvalue weighted by Crippen LogP contribution is -2.03. The Morgan fingerprint density at radius 2 is 1.89 bits per heavy atom. The monoisotopic (exact) mass is 127 g/mol. The van der Waals surface area contributed by atoms with Gasteiger partial charge in [0, 0.05) is 0 Å². The number of rotatable bonds is 2. The predicted octanol–water partition coefficient (Wildman–Crippen LogP) is -1.17. The van der Waals surface area contributed by atoms with Gasteiger partial charge in [0.25, 0.3) is 0 Å². The van der Waals surface area contributed by atoms with Crippen LogP contribution in [-0.2, 0) is 0 Å². The van der Waals surface area contributed by atoms with Gasteiger partial charge in [-0.15, -0.1) is 0 Å². The summed E-state index contributed by atoms with van der Waals surface area (Å²) in [6.45, 7) is -0.314. The van der Waals surface area contributed by atoms with Crippen molar-refractivity contribution in [3.8, 4) is 0 Å². The van der Waals surface area contributed by atoms with Gasteiger partial charge in [-0.2, -0.15) is 0 Å². The van der Waals surface area contributed by atoms with Gasteiger partial charge >= 0.3 is 0 Å². The molecule has 0 saturated heterocycles. The van der Waals surface area contributed by atoms with Crippen molar-refractivity contribution in [2.45, 2.75) is 0 Å². The summed E-state index contributed by atoms with van der Waals surface area (Å²) in [6.07, 6.45) is 1.32. The van der Waals surface area contributed by atoms with Crippen LogP contribution in [0.2, 0.25) is 0 Å². The molecule has 0 aliphatic carbocycles. The molecule has 0 saturated carbocycles. The third-order valence-electron chi connectivity index (χ3n) is 1.06. The molecular formula is C5H7N2O2. The van der Waals surface area contributed by atoms with Crippen molar-refractivity contribution in [1.29, 1.82) is 0 Å². The molecule has 0 atom stereocenters. The number of hydrogen-bond acceptors (Lipinski definition) is 3. The Labute approximate surface area is 52.5 Å². The molecule has 0 aromatic carbocycles. The van der Waals surface area contributed by atoms with Crippen molar-refractivity contribution in [3.63, 3.8) is 0 Å². The first-order valence-corrected chi connectivity index (χ1v) is 2.55. The molecule has 4 nitrogen and oxygen atoms in total. The van der Waals surface area contributed by atoms with E-state index in [1.807, 2.05) is 0 Å². The fourth-order valence-electron chi connectivity index (χ4n) is 0.581. The van der Waals surface area contributed by atoms with E-state index < -0.39 is 0 Å². The topological polar surface area (TPSA) is 66.9 Å². The van der Waals surface area contributed by atoms with Crippen LogP contribution in [0.25, 0.3) is 0 Å². The Morgan fingerprint density at radius 3 is 2.33 bits per heavy atom. The van der Waals surface area contributed by atoms with E-state index in [-0.39, 0.29) is 13.2 Å². The van der Waals surface area contributed by atoms with Gasteiger partial charge in [-0.05, 0) is 0 Å². The minimum absolute atomic E-state index is 0.157. The molecule has 0 amide bonds. The predicted molar refractivity (Wildman–Crippen MR) is 31.8 cm³/mol. The fraction of sp³-hybridized carbons (Fsp3) is 0.400. The lowest BCUT2D eigenvalue weighted by atomic mass is 10.4. The second-order valence-corrected chi connectivity index (χ2v) is 1.58. The first-order valence-electron chi connectivity index (χ1n) is 2.55. The van der Waals surface area contributed by atoms with Crippen molar-refractivity contribution < 1.29 is 10.2 Å². The molecule has 0 aromatic rings. The molecule has 0 unspecified atom stereocenters. The summed E-state index contributed by atoms with van der Waals surface area (Å²) in [5.74, 6) is 0. The molecule has 1 radical (unpaired) electrons. The summed E-state index contributed by atoms with van der Waals surface area (Å²) in [7, 11) is 0. The van der Waals surface area contributed by atoms with Crippen LogP contribution < -0.4 is 5.32 Å². The first kappa shape index (κ1) is 6.25. The van der Waals surface area contributed by atoms with E-state index >= 15 is 0 Å². The Kier molecular flexibility index (Phi) is 1.81. The molecule has 1 rings (SSSR count). The SMILES string of the molecule is OCC1=C(CO)N=C[N]1. The number of nitrogens with zero attached hydrogens (tertiary/aromatic N) is 2. The Hall–Kier alpha value is -0.870. The molecular weight excluding hydrogens is 120 g/mol. The molecule has 49 valence electrons. The zero-order valence-electron chi connectivity index (χ0n) is 4.78. The minimum atomic E-state index is -0.157. The first-order chi connectivity index (χ1) is 4.38. The quantitative estimate of drug-likeness (QED) is 0.490. The highest BCUT2D eigenvalue weighted by molar-refractivity contribution is 5.63. The lowest BCUT2D eigenvalue weighted by Gasteiger charge is -1.94. The molecule has 1 aliphatic heterocycles. The smallest absolute Gasteiger partial charge is 0.116 e. The zero-order chi connectivity index (χ0) is 6.69. The lowest BCUT2D eigenvalue weighted by molar-refractivity contribution is 0.308. The molecule has 4 heteroatoms. The summed E-state index contributed by atoms with van der Waals surface area (Å²) in [5.41, 5.74) is 0.912. The van der Waals surface area contributed by atoms with Crippen LogP contribution in [0.3, 0.4) is 0 Å². The van der Waals surface area contributed by atoms with Gasteiger partial charge in [0.15, 0.2) is 0 Å². The average molecular weight is 127 g/mol. The van der Waals surface area contributed by atoms with Gasteiger partial charge in [0.2, 0.25) is 0 Å². The number of aliphatic hydroxyl groups is 2. The molecule has 0 bridgehead atoms. The van der Waals surface area contributed by atoms with Gasteiger partial charge in [0.1, 0.15) is 6.34 Å². The van der Waals surface area contributed by atoms with Gasteiger partial charge in [-0.3, -0.25) is 0 Å². The highest BCUT2D eigenvalue weighted by atomic mass is 16.3. The summed E-state index contributed by atoms with van der Waals surface area (Å²) in [5, 5.41) is 20.7. The van der Waals surface area contributed by atoms with Gasteiger partial charge in [0.05, 0.1) is 24.6 Å². The largest absolute Gasteiger partial charge is 0.390 e. The van der Waals surface area contributed by atoms with E-state index in [0.717, 1.165) is 0 Å². The van der Waals surface area contributed by atoms with Crippen LogP contribution >= 0.6 is 0 Å². The Balaban J connectivity index is 2.67. The second-order valence-electron chi connectivity index (χ2n) is 1.58. The van der Waals surface area contributed by atoms with E-state index in [2.05, 4.69) is 10.3 Å².